The summed E-state index contributed by atoms with van der Waals surface area (Å²) in [5, 5.41) is 3.41. The topological polar surface area (TPSA) is 30.5 Å². The van der Waals surface area contributed by atoms with Crippen LogP contribution in [0.15, 0.2) is 40.9 Å². The van der Waals surface area contributed by atoms with Gasteiger partial charge < -0.3 is 14.8 Å². The van der Waals surface area contributed by atoms with Gasteiger partial charge in [-0.15, -0.1) is 0 Å². The van der Waals surface area contributed by atoms with Gasteiger partial charge in [0.25, 0.3) is 0 Å². The fraction of sp³-hybridized carbons (Fsp3) is 0.250. The van der Waals surface area contributed by atoms with Crippen molar-refractivity contribution in [3.05, 3.63) is 52.0 Å². The lowest BCUT2D eigenvalue weighted by Gasteiger charge is -2.12. The van der Waals surface area contributed by atoms with Gasteiger partial charge in [0.2, 0.25) is 0 Å². The second kappa shape index (κ2) is 6.66. The molecule has 0 spiro atoms. The van der Waals surface area contributed by atoms with Crippen molar-refractivity contribution in [2.24, 2.45) is 0 Å². The lowest BCUT2D eigenvalue weighted by molar-refractivity contribution is 0.393. The number of hydrogen-bond acceptors (Lipinski definition) is 3. The van der Waals surface area contributed by atoms with Crippen molar-refractivity contribution in [1.82, 2.24) is 0 Å². The van der Waals surface area contributed by atoms with Crippen LogP contribution < -0.4 is 14.8 Å². The number of aryl methyl sites for hydroxylation is 1. The van der Waals surface area contributed by atoms with Crippen molar-refractivity contribution in [2.75, 3.05) is 19.5 Å². The molecule has 0 saturated carbocycles. The third kappa shape index (κ3) is 3.67. The molecule has 0 aliphatic rings. The minimum Gasteiger partial charge on any atom is -0.497 e. The SMILES string of the molecule is COc1cc(CNc2cc(C)ccc2Br)cc(OC)c1. The summed E-state index contributed by atoms with van der Waals surface area (Å²) in [6.45, 7) is 2.78. The van der Waals surface area contributed by atoms with Crippen molar-refractivity contribution in [3.63, 3.8) is 0 Å². The van der Waals surface area contributed by atoms with E-state index in [9.17, 15) is 0 Å². The zero-order chi connectivity index (χ0) is 14.5. The Morgan fingerprint density at radius 2 is 1.65 bits per heavy atom. The highest BCUT2D eigenvalue weighted by atomic mass is 79.9. The van der Waals surface area contributed by atoms with E-state index >= 15 is 0 Å². The summed E-state index contributed by atoms with van der Waals surface area (Å²) in [4.78, 5) is 0. The number of methoxy groups -OCH3 is 2. The maximum Gasteiger partial charge on any atom is 0.122 e. The monoisotopic (exact) mass is 335 g/mol. The largest absolute Gasteiger partial charge is 0.497 e. The summed E-state index contributed by atoms with van der Waals surface area (Å²) in [6.07, 6.45) is 0. The maximum atomic E-state index is 5.28. The van der Waals surface area contributed by atoms with Crippen molar-refractivity contribution < 1.29 is 9.47 Å². The van der Waals surface area contributed by atoms with E-state index in [0.29, 0.717) is 6.54 Å². The van der Waals surface area contributed by atoms with Crippen molar-refractivity contribution in [2.45, 2.75) is 13.5 Å². The Morgan fingerprint density at radius 3 is 2.25 bits per heavy atom. The quantitative estimate of drug-likeness (QED) is 0.879. The fourth-order valence-electron chi connectivity index (χ4n) is 1.94. The molecule has 0 aliphatic carbocycles. The van der Waals surface area contributed by atoms with Crippen LogP contribution >= 0.6 is 15.9 Å². The summed E-state index contributed by atoms with van der Waals surface area (Å²) in [6, 6.07) is 12.1. The first kappa shape index (κ1) is 14.7. The highest BCUT2D eigenvalue weighted by Crippen LogP contribution is 2.26. The number of nitrogens with one attached hydrogen (secondary N) is 1. The molecule has 0 atom stereocenters. The second-order valence-electron chi connectivity index (χ2n) is 4.56. The van der Waals surface area contributed by atoms with Crippen LogP contribution in [0.2, 0.25) is 0 Å². The molecule has 0 heterocycles. The number of rotatable bonds is 5. The van der Waals surface area contributed by atoms with E-state index in [1.165, 1.54) is 5.56 Å². The number of ether oxygens (including phenoxy) is 2. The third-order valence-corrected chi connectivity index (χ3v) is 3.71. The Kier molecular flexibility index (Phi) is 4.90. The predicted octanol–water partition coefficient (Wildman–Crippen LogP) is 4.39. The summed E-state index contributed by atoms with van der Waals surface area (Å²) >= 11 is 3.55. The van der Waals surface area contributed by atoms with Crippen LogP contribution in [0.25, 0.3) is 0 Å². The normalized spacial score (nSPS) is 10.2. The Balaban J connectivity index is 2.16. The van der Waals surface area contributed by atoms with E-state index in [4.69, 9.17) is 9.47 Å². The van der Waals surface area contributed by atoms with E-state index in [0.717, 1.165) is 27.2 Å². The minimum absolute atomic E-state index is 0.704. The molecular formula is C16H18BrNO2. The summed E-state index contributed by atoms with van der Waals surface area (Å²) in [5.41, 5.74) is 3.40. The standard InChI is InChI=1S/C16H18BrNO2/c1-11-4-5-15(17)16(6-11)18-10-12-7-13(19-2)9-14(8-12)20-3/h4-9,18H,10H2,1-3H3. The summed E-state index contributed by atoms with van der Waals surface area (Å²) < 4.78 is 11.6. The van der Waals surface area contributed by atoms with Gasteiger partial charge in [-0.25, -0.2) is 0 Å². The smallest absolute Gasteiger partial charge is 0.122 e. The van der Waals surface area contributed by atoms with Crippen LogP contribution in [0.3, 0.4) is 0 Å². The number of anilines is 1. The van der Waals surface area contributed by atoms with Gasteiger partial charge in [0.15, 0.2) is 0 Å². The fourth-order valence-corrected chi connectivity index (χ4v) is 2.33. The molecular weight excluding hydrogens is 318 g/mol. The second-order valence-corrected chi connectivity index (χ2v) is 5.41. The molecule has 4 heteroatoms. The van der Waals surface area contributed by atoms with Gasteiger partial charge in [0.1, 0.15) is 11.5 Å². The number of hydrogen-bond donors (Lipinski definition) is 1. The van der Waals surface area contributed by atoms with Gasteiger partial charge >= 0.3 is 0 Å². The van der Waals surface area contributed by atoms with Gasteiger partial charge in [-0.1, -0.05) is 6.07 Å². The Bertz CT molecular complexity index is 577. The molecule has 0 aromatic heterocycles. The van der Waals surface area contributed by atoms with Crippen LogP contribution in [-0.2, 0) is 6.54 Å². The third-order valence-electron chi connectivity index (χ3n) is 3.02. The van der Waals surface area contributed by atoms with Crippen LogP contribution in [-0.4, -0.2) is 14.2 Å². The van der Waals surface area contributed by atoms with Gasteiger partial charge in [0.05, 0.1) is 14.2 Å². The maximum absolute atomic E-state index is 5.28. The molecule has 2 aromatic carbocycles. The molecule has 3 nitrogen and oxygen atoms in total. The molecule has 106 valence electrons. The zero-order valence-electron chi connectivity index (χ0n) is 11.9. The molecule has 0 bridgehead atoms. The zero-order valence-corrected chi connectivity index (χ0v) is 13.5. The molecule has 1 N–H and O–H groups in total. The van der Waals surface area contributed by atoms with E-state index < -0.39 is 0 Å². The lowest BCUT2D eigenvalue weighted by Crippen LogP contribution is -2.01. The Morgan fingerprint density at radius 1 is 1.00 bits per heavy atom. The molecule has 0 unspecified atom stereocenters. The Labute approximate surface area is 128 Å². The highest BCUT2D eigenvalue weighted by molar-refractivity contribution is 9.10. The first-order valence-corrected chi connectivity index (χ1v) is 7.13. The van der Waals surface area contributed by atoms with Crippen LogP contribution in [0.4, 0.5) is 5.69 Å². The molecule has 0 amide bonds. The Hall–Kier alpha value is -1.68. The highest BCUT2D eigenvalue weighted by Gasteiger charge is 2.04. The van der Waals surface area contributed by atoms with Crippen LogP contribution in [0.5, 0.6) is 11.5 Å². The first-order valence-electron chi connectivity index (χ1n) is 6.34. The summed E-state index contributed by atoms with van der Waals surface area (Å²) in [7, 11) is 3.31. The first-order chi connectivity index (χ1) is 9.62. The van der Waals surface area contributed by atoms with Crippen LogP contribution in [0, 0.1) is 6.92 Å². The van der Waals surface area contributed by atoms with Gasteiger partial charge in [-0.3, -0.25) is 0 Å². The lowest BCUT2D eigenvalue weighted by atomic mass is 10.2. The van der Waals surface area contributed by atoms with E-state index in [-0.39, 0.29) is 0 Å². The molecule has 2 aromatic rings. The van der Waals surface area contributed by atoms with Crippen molar-refractivity contribution in [3.8, 4) is 11.5 Å². The van der Waals surface area contributed by atoms with Gasteiger partial charge in [-0.2, -0.15) is 0 Å². The predicted molar refractivity (Wildman–Crippen MR) is 85.8 cm³/mol. The van der Waals surface area contributed by atoms with Crippen LogP contribution in [0.1, 0.15) is 11.1 Å². The van der Waals surface area contributed by atoms with E-state index in [1.54, 1.807) is 14.2 Å². The minimum atomic E-state index is 0.704. The van der Waals surface area contributed by atoms with Gasteiger partial charge in [-0.05, 0) is 58.2 Å². The number of benzene rings is 2. The average Bonchev–Trinajstić information content (AvgIpc) is 2.47. The summed E-state index contributed by atoms with van der Waals surface area (Å²) in [5.74, 6) is 1.59. The molecule has 20 heavy (non-hydrogen) atoms. The molecule has 0 fully saturated rings. The molecule has 0 aliphatic heterocycles. The van der Waals surface area contributed by atoms with E-state index in [2.05, 4.69) is 40.3 Å². The van der Waals surface area contributed by atoms with Gasteiger partial charge in [0, 0.05) is 22.8 Å². The molecule has 0 radical (unpaired) electrons. The average molecular weight is 336 g/mol. The molecule has 2 rings (SSSR count). The van der Waals surface area contributed by atoms with E-state index in [1.807, 2.05) is 24.3 Å². The van der Waals surface area contributed by atoms with Crippen molar-refractivity contribution in [1.29, 1.82) is 0 Å². The molecule has 0 saturated heterocycles. The number of halogens is 1. The van der Waals surface area contributed by atoms with Crippen molar-refractivity contribution >= 4 is 21.6 Å².